The molecule has 8 aromatic rings. The van der Waals surface area contributed by atoms with Crippen LogP contribution >= 0.6 is 23.5 Å². The van der Waals surface area contributed by atoms with Crippen molar-refractivity contribution in [2.24, 2.45) is 5.89 Å². The summed E-state index contributed by atoms with van der Waals surface area (Å²) >= 11 is 1.14. The van der Waals surface area contributed by atoms with Gasteiger partial charge in [0.2, 0.25) is 11.8 Å². The average Bonchev–Trinajstić information content (AvgIpc) is 1.51. The van der Waals surface area contributed by atoms with Gasteiger partial charge < -0.3 is 28.7 Å². The Balaban J connectivity index is 0.000000288. The maximum absolute atomic E-state index is 15.2. The topological polar surface area (TPSA) is 117 Å². The van der Waals surface area contributed by atoms with Gasteiger partial charge in [-0.15, -0.1) is 0 Å². The number of rotatable bonds is 26. The highest BCUT2D eigenvalue weighted by Crippen LogP contribution is 2.35. The van der Waals surface area contributed by atoms with Crippen LogP contribution in [0.1, 0.15) is 148 Å². The summed E-state index contributed by atoms with van der Waals surface area (Å²) in [6.45, 7) is -9.37. The zero-order valence-corrected chi connectivity index (χ0v) is 53.9. The van der Waals surface area contributed by atoms with Crippen molar-refractivity contribution < 1.29 is 83.1 Å². The summed E-state index contributed by atoms with van der Waals surface area (Å²) < 4.78 is 354. The first kappa shape index (κ1) is 43.4. The molecule has 2 aromatic heterocycles. The Bertz CT molecular complexity index is 5500. The van der Waals surface area contributed by atoms with E-state index in [0.29, 0.717) is 29.5 Å². The number of thioether (sulfide) groups is 2. The van der Waals surface area contributed by atoms with Crippen LogP contribution in [-0.2, 0) is 78.5 Å². The third kappa shape index (κ3) is 18.8. The predicted octanol–water partition coefficient (Wildman–Crippen LogP) is 15.2. The van der Waals surface area contributed by atoms with Crippen LogP contribution in [0.5, 0.6) is 0 Å². The van der Waals surface area contributed by atoms with Gasteiger partial charge in [0.25, 0.3) is 11.1 Å². The molecule has 0 aliphatic heterocycles. The molecule has 12 nitrogen and oxygen atoms in total. The molecule has 0 radical (unpaired) electrons. The first-order valence-electron chi connectivity index (χ1n) is 43.6. The smallest absolute Gasteiger partial charge is 0.336 e. The maximum atomic E-state index is 15.2. The zero-order valence-electron chi connectivity index (χ0n) is 80.3. The van der Waals surface area contributed by atoms with E-state index in [1.165, 1.54) is 55.5 Å². The van der Waals surface area contributed by atoms with E-state index in [4.69, 9.17) is 28.8 Å². The number of hydrogen-bond donors (Lipinski definition) is 0. The minimum absolute atomic E-state index is 0.0556. The summed E-state index contributed by atoms with van der Waals surface area (Å²) in [4.78, 5) is 68.1. The summed E-state index contributed by atoms with van der Waals surface area (Å²) in [6, 6.07) is -1.79. The Morgan fingerprint density at radius 1 is 0.604 bits per heavy atom. The molecule has 508 valence electrons. The normalized spacial score (nSPS) is 21.0. The van der Waals surface area contributed by atoms with Gasteiger partial charge in [-0.2, -0.15) is 36.3 Å². The molecule has 2 aliphatic rings. The summed E-state index contributed by atoms with van der Waals surface area (Å²) in [7, 11) is 0. The number of hydrogen-bond acceptors (Lipinski definition) is 10. The van der Waals surface area contributed by atoms with E-state index in [-0.39, 0.29) is 75.0 Å². The van der Waals surface area contributed by atoms with Crippen LogP contribution in [0.25, 0.3) is 22.3 Å². The lowest BCUT2D eigenvalue weighted by Gasteiger charge is -2.33. The summed E-state index contributed by atoms with van der Waals surface area (Å²) in [5.74, 6) is -9.00. The first-order valence-corrected chi connectivity index (χ1v) is 31.6. The SMILES string of the molecule is [2H]C([2H])(C)N(CCN(C(=O)C([2H])([2H])n1c(SCc2ccc(F)cc2)nc(=O)c2c1CCC2)C([2H])(C)c1ccc(-c2ccc(C(F)(F)F)cc2)cc1)C([2H])([2H])C.[2H]c1c([2H])c(CSc2nc(=O)c3c(n2C([2H])([2H])C(=O)N(CCN(CC)CC)C([2H])([2H])c2c([2H])c([2H])c(-c4c([2H])c([2H])c(C(F)(F)F)c([2H])c4[2H])c([2H])c2[2H])C([2H])([2H])C([2H])(C)C3([2H])[2H])c([2H])c([2H])c1F. The molecule has 96 heavy (non-hydrogen) atoms. The molecule has 0 saturated carbocycles. The molecule has 0 saturated heterocycles. The standard InChI is InChI=1S/2C37H40F4N4O2S/c1-4-43(5-2)18-19-44(22-26-6-10-28(11-7-26)29-12-14-30(15-13-29)37(39,40)41)34(46)23-45-33-21-25(3)20-32(33)35(47)42-36(45)48-24-27-8-16-31(38)17-9-27;1-4-43(5-2)21-22-44(25(3)27-11-13-28(14-12-27)29-15-17-30(18-16-29)37(39,40)41)34(46)23-45-33-8-6-7-32(33)35(47)42-36(45)48-24-26-9-19-31(38)20-10-26/h6-17,25H,4-5,18-24H2,1-3H3;9-20,25H,4-8,21-24H2,1-3H3/i6D,7D,8D,9D,10D,11D,12D,13D,14D,15D,16D,17D,20D2,21D2,22D2,23D2,25D;4D2,5D2,23D2,25D. The number of carbonyl (C=O) groups is 2. The Morgan fingerprint density at radius 3 is 1.70 bits per heavy atom. The lowest BCUT2D eigenvalue weighted by atomic mass is 9.99. The van der Waals surface area contributed by atoms with Crippen LogP contribution in [0, 0.1) is 17.5 Å². The molecular formula is C74H80F8N8O4S2. The highest BCUT2D eigenvalue weighted by Gasteiger charge is 2.33. The molecule has 0 bridgehead atoms. The second-order valence-corrected chi connectivity index (χ2v) is 22.9. The van der Waals surface area contributed by atoms with Crippen molar-refractivity contribution in [1.29, 1.82) is 0 Å². The molecule has 2 heterocycles. The lowest BCUT2D eigenvalue weighted by Crippen LogP contribution is -2.42. The number of alkyl halides is 6. The monoisotopic (exact) mass is 1390 g/mol. The fraction of sp³-hybridized carbons (Fsp3) is 0.378. The molecule has 0 N–H and O–H groups in total. The Labute approximate surface area is 603 Å². The van der Waals surface area contributed by atoms with Gasteiger partial charge in [0.1, 0.15) is 24.6 Å². The Morgan fingerprint density at radius 2 is 1.12 bits per heavy atom. The van der Waals surface area contributed by atoms with E-state index in [1.54, 1.807) is 30.9 Å². The lowest BCUT2D eigenvalue weighted by molar-refractivity contribution is -0.138. The predicted molar refractivity (Wildman–Crippen MR) is 362 cm³/mol. The number of fused-ring (bicyclic) bond motifs is 2. The molecule has 6 aromatic carbocycles. The average molecular weight is 1390 g/mol. The van der Waals surface area contributed by atoms with Gasteiger partial charge in [0.15, 0.2) is 10.3 Å². The van der Waals surface area contributed by atoms with Gasteiger partial charge >= 0.3 is 12.4 Å². The van der Waals surface area contributed by atoms with Crippen molar-refractivity contribution in [3.05, 3.63) is 234 Å². The van der Waals surface area contributed by atoms with Crippen LogP contribution < -0.4 is 11.1 Å². The largest absolute Gasteiger partial charge is 0.416 e. The fourth-order valence-electron chi connectivity index (χ4n) is 9.70. The molecule has 2 amide bonds. The molecule has 0 spiro atoms. The van der Waals surface area contributed by atoms with Crippen LogP contribution in [0.3, 0.4) is 0 Å². The van der Waals surface area contributed by atoms with E-state index in [1.807, 2.05) is 0 Å². The van der Waals surface area contributed by atoms with Crippen LogP contribution in [0.15, 0.2) is 165 Å². The van der Waals surface area contributed by atoms with Gasteiger partial charge in [0.05, 0.1) is 43.2 Å². The number of benzene rings is 6. The molecule has 10 rings (SSSR count). The van der Waals surface area contributed by atoms with Crippen molar-refractivity contribution in [2.75, 3.05) is 52.3 Å². The van der Waals surface area contributed by atoms with Crippen LogP contribution in [-0.4, -0.2) is 103 Å². The van der Waals surface area contributed by atoms with Crippen molar-refractivity contribution in [1.82, 2.24) is 38.7 Å². The highest BCUT2D eigenvalue weighted by molar-refractivity contribution is 7.98. The Kier molecular flexibility index (Phi) is 14.9. The van der Waals surface area contributed by atoms with E-state index in [9.17, 15) is 59.1 Å². The summed E-state index contributed by atoms with van der Waals surface area (Å²) in [5.41, 5.74) is -9.37. The molecule has 2 aliphatic carbocycles. The van der Waals surface area contributed by atoms with Gasteiger partial charge in [-0.1, -0.05) is 155 Å². The molecule has 2 unspecified atom stereocenters. The third-order valence-corrected chi connectivity index (χ3v) is 16.8. The van der Waals surface area contributed by atoms with Crippen LogP contribution in [0.4, 0.5) is 35.1 Å². The number of nitrogens with zero attached hydrogens (tertiary/aromatic N) is 8. The third-order valence-electron chi connectivity index (χ3n) is 14.9. The van der Waals surface area contributed by atoms with E-state index >= 15 is 4.79 Å². The van der Waals surface area contributed by atoms with E-state index in [0.717, 1.165) is 59.0 Å². The second kappa shape index (κ2) is 32.9. The van der Waals surface area contributed by atoms with Crippen molar-refractivity contribution >= 4 is 35.3 Å². The van der Waals surface area contributed by atoms with Gasteiger partial charge in [-0.3, -0.25) is 19.2 Å². The fourth-order valence-corrected chi connectivity index (χ4v) is 11.5. The molecular weight excluding hydrogens is 1280 g/mol. The number of aromatic nitrogens is 4. The molecule has 0 fully saturated rings. The van der Waals surface area contributed by atoms with Gasteiger partial charge in [0, 0.05) is 79.0 Å². The van der Waals surface area contributed by atoms with Gasteiger partial charge in [-0.05, 0) is 164 Å². The molecule has 22 heteroatoms. The Hall–Kier alpha value is -7.92. The summed E-state index contributed by atoms with van der Waals surface area (Å²) in [5, 5.41) is -1.15. The van der Waals surface area contributed by atoms with E-state index < -0.39 is 252 Å². The van der Waals surface area contributed by atoms with Crippen molar-refractivity contribution in [3.8, 4) is 22.3 Å². The van der Waals surface area contributed by atoms with Crippen molar-refractivity contribution in [2.45, 2.75) is 133 Å². The minimum atomic E-state index is -5.42. The van der Waals surface area contributed by atoms with Crippen molar-refractivity contribution in [3.63, 3.8) is 0 Å². The molecule has 2 atom stereocenters. The second-order valence-electron chi connectivity index (χ2n) is 21.1. The zero-order chi connectivity index (χ0) is 93.7. The quantitative estimate of drug-likeness (QED) is 0.0295. The minimum Gasteiger partial charge on any atom is -0.336 e. The van der Waals surface area contributed by atoms with E-state index in [2.05, 4.69) is 9.97 Å². The maximum Gasteiger partial charge on any atom is 0.416 e. The number of likely N-dealkylation sites (N-methyl/N-ethyl adjacent to an activating group) is 2. The first-order chi connectivity index (χ1) is 56.8. The van der Waals surface area contributed by atoms with Crippen LogP contribution in [0.2, 0.25) is 0 Å². The number of carbonyl (C=O) groups excluding carboxylic acids is 2. The number of amides is 2. The number of halogens is 8. The van der Waals surface area contributed by atoms with Gasteiger partial charge in [-0.25, -0.2) is 8.78 Å². The summed E-state index contributed by atoms with van der Waals surface area (Å²) in [6.07, 6.45) is -15.6. The highest BCUT2D eigenvalue weighted by atomic mass is 32.2.